The molecule has 0 fully saturated rings. The lowest BCUT2D eigenvalue weighted by atomic mass is 9.96. The van der Waals surface area contributed by atoms with Crippen LogP contribution in [0.3, 0.4) is 0 Å². The van der Waals surface area contributed by atoms with E-state index < -0.39 is 0 Å². The lowest BCUT2D eigenvalue weighted by Crippen LogP contribution is -2.28. The van der Waals surface area contributed by atoms with E-state index >= 15 is 4.39 Å². The number of aliphatic imine (C=N–C) groups is 3. The molecule has 0 amide bonds. The van der Waals surface area contributed by atoms with Crippen molar-refractivity contribution in [3.8, 4) is 0 Å². The van der Waals surface area contributed by atoms with E-state index in [-0.39, 0.29) is 11.9 Å². The van der Waals surface area contributed by atoms with Crippen LogP contribution < -0.4 is 4.90 Å². The molecule has 2 aliphatic heterocycles. The topological polar surface area (TPSA) is 40.3 Å². The van der Waals surface area contributed by atoms with Crippen molar-refractivity contribution >= 4 is 22.8 Å². The monoisotopic (exact) mass is 532 g/mol. The Morgan fingerprint density at radius 2 is 0.951 bits per heavy atom. The number of anilines is 1. The molecule has 5 heteroatoms. The van der Waals surface area contributed by atoms with Gasteiger partial charge in [-0.3, -0.25) is 0 Å². The molecule has 7 rings (SSSR count). The van der Waals surface area contributed by atoms with E-state index in [4.69, 9.17) is 15.0 Å². The van der Waals surface area contributed by atoms with Crippen molar-refractivity contribution in [1.82, 2.24) is 0 Å². The molecule has 0 saturated heterocycles. The second-order valence-corrected chi connectivity index (χ2v) is 9.80. The Kier molecular flexibility index (Phi) is 6.38. The molecule has 0 aliphatic carbocycles. The number of hydrogen-bond donors (Lipinski definition) is 0. The van der Waals surface area contributed by atoms with Crippen molar-refractivity contribution in [2.24, 2.45) is 15.0 Å². The van der Waals surface area contributed by atoms with Crippen molar-refractivity contribution < 1.29 is 4.39 Å². The molecular formula is C36H25FN4. The van der Waals surface area contributed by atoms with Gasteiger partial charge in [0.2, 0.25) is 0 Å². The average Bonchev–Trinajstić information content (AvgIpc) is 3.66. The summed E-state index contributed by atoms with van der Waals surface area (Å²) in [6, 6.07) is 46.6. The highest BCUT2D eigenvalue weighted by Crippen LogP contribution is 2.43. The van der Waals surface area contributed by atoms with E-state index in [1.54, 1.807) is 12.1 Å². The zero-order chi connectivity index (χ0) is 27.6. The average molecular weight is 533 g/mol. The molecule has 0 bridgehead atoms. The number of nitrogens with zero attached hydrogens (tertiary/aromatic N) is 4. The lowest BCUT2D eigenvalue weighted by molar-refractivity contribution is 0.621. The van der Waals surface area contributed by atoms with Crippen molar-refractivity contribution in [2.45, 2.75) is 6.04 Å². The van der Waals surface area contributed by atoms with E-state index in [0.29, 0.717) is 17.3 Å². The van der Waals surface area contributed by atoms with Gasteiger partial charge in [0.15, 0.2) is 11.6 Å². The van der Waals surface area contributed by atoms with Gasteiger partial charge in [0, 0.05) is 11.1 Å². The number of rotatable bonds is 5. The molecule has 2 heterocycles. The van der Waals surface area contributed by atoms with Crippen LogP contribution >= 0.6 is 0 Å². The lowest BCUT2D eigenvalue weighted by Gasteiger charge is -2.29. The van der Waals surface area contributed by atoms with Gasteiger partial charge in [-0.15, -0.1) is 0 Å². The molecule has 0 radical (unpaired) electrons. The Morgan fingerprint density at radius 1 is 0.488 bits per heavy atom. The van der Waals surface area contributed by atoms with Crippen LogP contribution in [0.4, 0.5) is 10.1 Å². The fraction of sp³-hybridized carbons (Fsp3) is 0.0278. The predicted molar refractivity (Wildman–Crippen MR) is 164 cm³/mol. The van der Waals surface area contributed by atoms with E-state index in [2.05, 4.69) is 12.1 Å². The van der Waals surface area contributed by atoms with Crippen LogP contribution in [0.5, 0.6) is 0 Å². The first-order valence-electron chi connectivity index (χ1n) is 13.5. The molecular weight excluding hydrogens is 507 g/mol. The maximum atomic E-state index is 15.6. The van der Waals surface area contributed by atoms with Gasteiger partial charge < -0.3 is 4.90 Å². The van der Waals surface area contributed by atoms with E-state index in [9.17, 15) is 0 Å². The summed E-state index contributed by atoms with van der Waals surface area (Å²) in [6.07, 6.45) is 0. The molecule has 1 atom stereocenters. The third-order valence-electron chi connectivity index (χ3n) is 7.22. The molecule has 4 nitrogen and oxygen atoms in total. The van der Waals surface area contributed by atoms with Gasteiger partial charge in [0.25, 0.3) is 0 Å². The van der Waals surface area contributed by atoms with Gasteiger partial charge in [-0.2, -0.15) is 0 Å². The highest BCUT2D eigenvalue weighted by Gasteiger charge is 2.39. The standard InChI is InChI=1S/C36H25FN4/c37-29-23-13-14-24-30(29)41-34(28-21-11-4-12-22-28)33(27-19-9-3-10-20-27)40-36(41)35-38-31(25-15-5-1-6-16-25)32(39-35)26-17-7-2-8-18-26/h1-24,34H. The van der Waals surface area contributed by atoms with E-state index in [0.717, 1.165) is 39.4 Å². The molecule has 5 aromatic carbocycles. The Hall–Kier alpha value is -5.42. The third kappa shape index (κ3) is 4.57. The first kappa shape index (κ1) is 24.6. The van der Waals surface area contributed by atoms with Crippen LogP contribution in [0.25, 0.3) is 0 Å². The fourth-order valence-corrected chi connectivity index (χ4v) is 5.34. The predicted octanol–water partition coefficient (Wildman–Crippen LogP) is 8.00. The summed E-state index contributed by atoms with van der Waals surface area (Å²) in [5.41, 5.74) is 6.59. The summed E-state index contributed by atoms with van der Waals surface area (Å²) in [4.78, 5) is 17.3. The van der Waals surface area contributed by atoms with Crippen LogP contribution in [0.15, 0.2) is 172 Å². The zero-order valence-electron chi connectivity index (χ0n) is 22.1. The van der Waals surface area contributed by atoms with Gasteiger partial charge in [-0.1, -0.05) is 133 Å². The van der Waals surface area contributed by atoms with Crippen LogP contribution in [0.2, 0.25) is 0 Å². The normalized spacial score (nSPS) is 16.5. The van der Waals surface area contributed by atoms with Gasteiger partial charge in [-0.25, -0.2) is 19.4 Å². The Balaban J connectivity index is 1.51. The van der Waals surface area contributed by atoms with Crippen molar-refractivity contribution in [3.63, 3.8) is 0 Å². The highest BCUT2D eigenvalue weighted by atomic mass is 19.1. The summed E-state index contributed by atoms with van der Waals surface area (Å²) in [5, 5.41) is 0. The quantitative estimate of drug-likeness (QED) is 0.226. The fourth-order valence-electron chi connectivity index (χ4n) is 5.34. The second-order valence-electron chi connectivity index (χ2n) is 9.80. The summed E-state index contributed by atoms with van der Waals surface area (Å²) >= 11 is 0. The maximum Gasteiger partial charge on any atom is 0.197 e. The third-order valence-corrected chi connectivity index (χ3v) is 7.22. The van der Waals surface area contributed by atoms with Crippen molar-refractivity contribution in [1.29, 1.82) is 0 Å². The summed E-state index contributed by atoms with van der Waals surface area (Å²) in [5.74, 6) is 0.605. The number of benzene rings is 5. The molecule has 1 unspecified atom stereocenters. The zero-order valence-corrected chi connectivity index (χ0v) is 22.1. The SMILES string of the molecule is Fc1ccccc1N1C(=C2N=C(c3ccccc3)C(c3ccccc3)=N2)N=C(c2ccccc2)C1c1ccccc1. The first-order valence-corrected chi connectivity index (χ1v) is 13.5. The minimum absolute atomic E-state index is 0.339. The minimum Gasteiger partial charge on any atom is -0.307 e. The highest BCUT2D eigenvalue weighted by molar-refractivity contribution is 6.55. The van der Waals surface area contributed by atoms with E-state index in [1.807, 2.05) is 120 Å². The Labute approximate surface area is 238 Å². The molecule has 2 aliphatic rings. The van der Waals surface area contributed by atoms with Crippen LogP contribution in [0.1, 0.15) is 28.3 Å². The van der Waals surface area contributed by atoms with Gasteiger partial charge in [0.1, 0.15) is 11.9 Å². The van der Waals surface area contributed by atoms with Crippen LogP contribution in [-0.2, 0) is 0 Å². The largest absolute Gasteiger partial charge is 0.307 e. The molecule has 196 valence electrons. The van der Waals surface area contributed by atoms with E-state index in [1.165, 1.54) is 6.07 Å². The Bertz CT molecular complexity index is 1770. The van der Waals surface area contributed by atoms with Crippen molar-refractivity contribution in [2.75, 3.05) is 4.90 Å². The molecule has 0 saturated carbocycles. The number of hydrogen-bond acceptors (Lipinski definition) is 4. The molecule has 5 aromatic rings. The van der Waals surface area contributed by atoms with Crippen LogP contribution in [0, 0.1) is 5.82 Å². The number of halogens is 1. The first-order chi connectivity index (χ1) is 20.3. The van der Waals surface area contributed by atoms with Gasteiger partial charge in [0.05, 0.1) is 22.8 Å². The van der Waals surface area contributed by atoms with Crippen molar-refractivity contribution in [3.05, 3.63) is 185 Å². The van der Waals surface area contributed by atoms with Crippen LogP contribution in [-0.4, -0.2) is 17.1 Å². The summed E-state index contributed by atoms with van der Waals surface area (Å²) < 4.78 is 15.6. The molecule has 0 aromatic heterocycles. The minimum atomic E-state index is -0.385. The number of para-hydroxylation sites is 1. The second kappa shape index (κ2) is 10.6. The van der Waals surface area contributed by atoms with Gasteiger partial charge >= 0.3 is 0 Å². The molecule has 0 N–H and O–H groups in total. The van der Waals surface area contributed by atoms with Gasteiger partial charge in [-0.05, 0) is 23.3 Å². The maximum absolute atomic E-state index is 15.6. The smallest absolute Gasteiger partial charge is 0.197 e. The molecule has 41 heavy (non-hydrogen) atoms. The molecule has 0 spiro atoms. The Morgan fingerprint density at radius 3 is 1.49 bits per heavy atom. The summed E-state index contributed by atoms with van der Waals surface area (Å²) in [6.45, 7) is 0. The summed E-state index contributed by atoms with van der Waals surface area (Å²) in [7, 11) is 0.